The summed E-state index contributed by atoms with van der Waals surface area (Å²) in [7, 11) is 0. The number of hydrogen-bond donors (Lipinski definition) is 0. The maximum atomic E-state index is 6.79. The molecule has 0 spiro atoms. The average molecular weight is 526 g/mol. The maximum absolute atomic E-state index is 6.79. The molecule has 1 aliphatic rings. The fraction of sp³-hybridized carbons (Fsp3) is 0.0769. The van der Waals surface area contributed by atoms with Crippen molar-refractivity contribution in [3.8, 4) is 27.9 Å². The molecule has 1 aliphatic carbocycles. The lowest BCUT2D eigenvalue weighted by Gasteiger charge is -2.22. The molecule has 0 bridgehead atoms. The first-order valence-corrected chi connectivity index (χ1v) is 14.3. The number of para-hydroxylation sites is 2. The van der Waals surface area contributed by atoms with Crippen molar-refractivity contribution in [1.82, 2.24) is 4.57 Å². The highest BCUT2D eigenvalue weighted by Crippen LogP contribution is 2.57. The molecule has 0 unspecified atom stereocenters. The molecular weight excluding hydrogens is 498 g/mol. The third-order valence-corrected chi connectivity index (χ3v) is 9.16. The molecule has 2 heterocycles. The normalized spacial score (nSPS) is 13.8. The van der Waals surface area contributed by atoms with Gasteiger partial charge in [0.25, 0.3) is 0 Å². The summed E-state index contributed by atoms with van der Waals surface area (Å²) in [5.41, 5.74) is 13.0. The molecule has 2 aromatic heterocycles. The lowest BCUT2D eigenvalue weighted by Crippen LogP contribution is -2.15. The molecule has 2 heteroatoms. The zero-order valence-electron chi connectivity index (χ0n) is 23.0. The number of rotatable bonds is 2. The van der Waals surface area contributed by atoms with Gasteiger partial charge in [-0.25, -0.2) is 0 Å². The van der Waals surface area contributed by atoms with Crippen LogP contribution in [0.5, 0.6) is 0 Å². The van der Waals surface area contributed by atoms with Crippen LogP contribution in [0.15, 0.2) is 132 Å². The van der Waals surface area contributed by atoms with Crippen LogP contribution in [0.2, 0.25) is 0 Å². The van der Waals surface area contributed by atoms with Crippen molar-refractivity contribution in [2.75, 3.05) is 0 Å². The summed E-state index contributed by atoms with van der Waals surface area (Å²) in [6.45, 7) is 4.69. The van der Waals surface area contributed by atoms with E-state index in [1.807, 2.05) is 0 Å². The molecule has 0 radical (unpaired) electrons. The van der Waals surface area contributed by atoms with E-state index in [1.54, 1.807) is 0 Å². The monoisotopic (exact) mass is 525 g/mol. The minimum Gasteiger partial charge on any atom is -0.456 e. The van der Waals surface area contributed by atoms with Gasteiger partial charge in [-0.2, -0.15) is 0 Å². The summed E-state index contributed by atoms with van der Waals surface area (Å²) in [5.74, 6) is 0. The van der Waals surface area contributed by atoms with Crippen LogP contribution in [0.4, 0.5) is 0 Å². The predicted octanol–water partition coefficient (Wildman–Crippen LogP) is 10.7. The van der Waals surface area contributed by atoms with Crippen LogP contribution in [-0.4, -0.2) is 4.57 Å². The highest BCUT2D eigenvalue weighted by atomic mass is 16.3. The second-order valence-electron chi connectivity index (χ2n) is 11.7. The number of furan rings is 1. The molecule has 6 aromatic carbocycles. The number of hydrogen-bond acceptors (Lipinski definition) is 1. The standard InChI is InChI=1S/C39H27NO/c1-39(2)30-17-9-6-14-27(30)35-36(39)38-34(29-16-8-11-19-32(29)41-38)33-28-15-7-10-18-31(28)40(37(33)35)26-22-20-25(21-23-26)24-12-4-3-5-13-24/h3-23H,1-2H3. The smallest absolute Gasteiger partial charge is 0.140 e. The summed E-state index contributed by atoms with van der Waals surface area (Å²) < 4.78 is 9.27. The number of fused-ring (bicyclic) bond motifs is 12. The van der Waals surface area contributed by atoms with E-state index in [4.69, 9.17) is 4.42 Å². The Morgan fingerprint density at radius 1 is 0.585 bits per heavy atom. The fourth-order valence-electron chi connectivity index (χ4n) is 7.37. The molecular formula is C39H27NO. The lowest BCUT2D eigenvalue weighted by molar-refractivity contribution is 0.620. The minimum absolute atomic E-state index is 0.204. The van der Waals surface area contributed by atoms with Crippen molar-refractivity contribution in [3.05, 3.63) is 139 Å². The summed E-state index contributed by atoms with van der Waals surface area (Å²) >= 11 is 0. The molecule has 0 saturated carbocycles. The molecule has 0 atom stereocenters. The third-order valence-electron chi connectivity index (χ3n) is 9.16. The van der Waals surface area contributed by atoms with Gasteiger partial charge >= 0.3 is 0 Å². The Morgan fingerprint density at radius 2 is 1.24 bits per heavy atom. The Kier molecular flexibility index (Phi) is 4.42. The Labute approximate surface area is 238 Å². The van der Waals surface area contributed by atoms with Gasteiger partial charge in [0.05, 0.1) is 11.0 Å². The van der Waals surface area contributed by atoms with Crippen molar-refractivity contribution in [2.45, 2.75) is 19.3 Å². The Hall–Kier alpha value is -5.08. The first-order valence-electron chi connectivity index (χ1n) is 14.3. The van der Waals surface area contributed by atoms with Gasteiger partial charge in [0.1, 0.15) is 11.2 Å². The van der Waals surface area contributed by atoms with Crippen LogP contribution >= 0.6 is 0 Å². The van der Waals surface area contributed by atoms with Crippen LogP contribution < -0.4 is 0 Å². The van der Waals surface area contributed by atoms with E-state index in [2.05, 4.69) is 146 Å². The van der Waals surface area contributed by atoms with Gasteiger partial charge in [-0.3, -0.25) is 0 Å². The zero-order chi connectivity index (χ0) is 27.3. The highest BCUT2D eigenvalue weighted by Gasteiger charge is 2.41. The second kappa shape index (κ2) is 7.99. The number of benzene rings is 6. The molecule has 2 nitrogen and oxygen atoms in total. The minimum atomic E-state index is -0.204. The SMILES string of the molecule is CC1(C)c2ccccc2-c2c1c1oc3ccccc3c1c1c3ccccc3n(-c3ccc(-c4ccccc4)cc3)c21. The Bertz CT molecular complexity index is 2310. The summed E-state index contributed by atoms with van der Waals surface area (Å²) in [4.78, 5) is 0. The number of aromatic nitrogens is 1. The van der Waals surface area contributed by atoms with Gasteiger partial charge in [-0.1, -0.05) is 117 Å². The second-order valence-corrected chi connectivity index (χ2v) is 11.7. The first kappa shape index (κ1) is 22.7. The van der Waals surface area contributed by atoms with Crippen molar-refractivity contribution >= 4 is 43.7 Å². The van der Waals surface area contributed by atoms with Crippen LogP contribution in [0.1, 0.15) is 25.0 Å². The van der Waals surface area contributed by atoms with Gasteiger partial charge in [-0.15, -0.1) is 0 Å². The van der Waals surface area contributed by atoms with Crippen molar-refractivity contribution in [1.29, 1.82) is 0 Å². The quantitative estimate of drug-likeness (QED) is 0.219. The molecule has 9 rings (SSSR count). The van der Waals surface area contributed by atoms with E-state index in [0.29, 0.717) is 0 Å². The van der Waals surface area contributed by atoms with E-state index < -0.39 is 0 Å². The summed E-state index contributed by atoms with van der Waals surface area (Å²) in [6.07, 6.45) is 0. The summed E-state index contributed by atoms with van der Waals surface area (Å²) in [6, 6.07) is 45.9. The van der Waals surface area contributed by atoms with Gasteiger partial charge < -0.3 is 8.98 Å². The van der Waals surface area contributed by atoms with E-state index in [9.17, 15) is 0 Å². The van der Waals surface area contributed by atoms with Crippen LogP contribution in [0.25, 0.3) is 71.7 Å². The first-order chi connectivity index (χ1) is 20.1. The average Bonchev–Trinajstić information content (AvgIpc) is 3.64. The molecule has 0 fully saturated rings. The lowest BCUT2D eigenvalue weighted by atomic mass is 9.81. The molecule has 0 saturated heterocycles. The van der Waals surface area contributed by atoms with Crippen LogP contribution in [-0.2, 0) is 5.41 Å². The molecule has 0 aliphatic heterocycles. The van der Waals surface area contributed by atoms with Crippen molar-refractivity contribution in [2.24, 2.45) is 0 Å². The van der Waals surface area contributed by atoms with Gasteiger partial charge in [0, 0.05) is 43.8 Å². The van der Waals surface area contributed by atoms with Crippen LogP contribution in [0.3, 0.4) is 0 Å². The Morgan fingerprint density at radius 3 is 2.07 bits per heavy atom. The van der Waals surface area contributed by atoms with Gasteiger partial charge in [0.15, 0.2) is 0 Å². The molecule has 0 N–H and O–H groups in total. The zero-order valence-corrected chi connectivity index (χ0v) is 23.0. The highest BCUT2D eigenvalue weighted by molar-refractivity contribution is 6.32. The molecule has 8 aromatic rings. The third kappa shape index (κ3) is 2.92. The summed E-state index contributed by atoms with van der Waals surface area (Å²) in [5, 5.41) is 4.89. The van der Waals surface area contributed by atoms with Crippen molar-refractivity contribution in [3.63, 3.8) is 0 Å². The fourth-order valence-corrected chi connectivity index (χ4v) is 7.37. The van der Waals surface area contributed by atoms with Gasteiger partial charge in [-0.05, 0) is 46.5 Å². The van der Waals surface area contributed by atoms with Gasteiger partial charge in [0.2, 0.25) is 0 Å². The topological polar surface area (TPSA) is 18.1 Å². The predicted molar refractivity (Wildman–Crippen MR) is 171 cm³/mol. The van der Waals surface area contributed by atoms with Crippen molar-refractivity contribution < 1.29 is 4.42 Å². The molecule has 41 heavy (non-hydrogen) atoms. The number of nitrogens with zero attached hydrogens (tertiary/aromatic N) is 1. The molecule has 0 amide bonds. The maximum Gasteiger partial charge on any atom is 0.140 e. The van der Waals surface area contributed by atoms with E-state index >= 15 is 0 Å². The van der Waals surface area contributed by atoms with E-state index in [0.717, 1.165) is 16.9 Å². The Balaban J connectivity index is 1.50. The van der Waals surface area contributed by atoms with Crippen LogP contribution in [0, 0.1) is 0 Å². The largest absolute Gasteiger partial charge is 0.456 e. The van der Waals surface area contributed by atoms with E-state index in [-0.39, 0.29) is 5.41 Å². The molecule has 194 valence electrons. The van der Waals surface area contributed by atoms with E-state index in [1.165, 1.54) is 66.0 Å².